The van der Waals surface area contributed by atoms with E-state index in [0.717, 1.165) is 0 Å². The highest BCUT2D eigenvalue weighted by molar-refractivity contribution is 7.71. The lowest BCUT2D eigenvalue weighted by Gasteiger charge is -2.19. The second-order valence-electron chi connectivity index (χ2n) is 5.84. The van der Waals surface area contributed by atoms with Gasteiger partial charge in [0.15, 0.2) is 0 Å². The summed E-state index contributed by atoms with van der Waals surface area (Å²) in [6.07, 6.45) is -1.77. The first kappa shape index (κ1) is 24.7. The summed E-state index contributed by atoms with van der Waals surface area (Å²) in [6.45, 7) is 0.805. The minimum atomic E-state index is -5.64. The third-order valence-corrected chi connectivity index (χ3v) is 7.73. The average Bonchev–Trinajstić information content (AvgIpc) is 2.78. The maximum absolute atomic E-state index is 11.8. The Bertz CT molecular complexity index is 951. The maximum Gasteiger partial charge on any atom is 0.490 e. The topological polar surface area (TPSA) is 233 Å². The number of aromatic nitrogens is 2. The Morgan fingerprint density at radius 3 is 2.41 bits per heavy atom. The van der Waals surface area contributed by atoms with Gasteiger partial charge in [0.2, 0.25) is 4.77 Å². The van der Waals surface area contributed by atoms with E-state index < -0.39 is 54.4 Å². The second kappa shape index (κ2) is 8.89. The highest BCUT2D eigenvalue weighted by Gasteiger charge is 2.45. The van der Waals surface area contributed by atoms with Crippen molar-refractivity contribution >= 4 is 41.5 Å². The van der Waals surface area contributed by atoms with Gasteiger partial charge in [-0.1, -0.05) is 6.92 Å². The number of aliphatic hydroxyl groups excluding tert-OH is 1. The summed E-state index contributed by atoms with van der Waals surface area (Å²) >= 11 is 5.07. The van der Waals surface area contributed by atoms with Gasteiger partial charge in [-0.3, -0.25) is 9.09 Å². The van der Waals surface area contributed by atoms with Gasteiger partial charge >= 0.3 is 23.5 Å². The van der Waals surface area contributed by atoms with Crippen LogP contribution in [0.4, 0.5) is 5.82 Å². The largest absolute Gasteiger partial charge is 0.490 e. The van der Waals surface area contributed by atoms with Gasteiger partial charge in [-0.25, -0.2) is 18.7 Å². The number of anilines is 1. The van der Waals surface area contributed by atoms with E-state index in [0.29, 0.717) is 0 Å². The summed E-state index contributed by atoms with van der Waals surface area (Å²) < 4.78 is 52.4. The minimum absolute atomic E-state index is 0.0580. The van der Waals surface area contributed by atoms with E-state index in [1.54, 1.807) is 6.92 Å². The van der Waals surface area contributed by atoms with Crippen LogP contribution >= 0.6 is 35.7 Å². The number of hydrogen-bond donors (Lipinski definition) is 6. The summed E-state index contributed by atoms with van der Waals surface area (Å²) in [5.41, 5.74) is 5.52. The van der Waals surface area contributed by atoms with Crippen molar-refractivity contribution in [2.75, 3.05) is 12.3 Å². The molecular weight excluding hydrogens is 479 g/mol. The molecule has 166 valence electrons. The summed E-state index contributed by atoms with van der Waals surface area (Å²) in [4.78, 5) is 39.4. The van der Waals surface area contributed by atoms with Crippen molar-refractivity contribution in [1.29, 1.82) is 0 Å². The number of hydrogen-bond acceptors (Lipinski definition) is 11. The summed E-state index contributed by atoms with van der Waals surface area (Å²) in [5.74, 6) is -0.414. The molecule has 0 aromatic carbocycles. The fourth-order valence-electron chi connectivity index (χ4n) is 2.44. The van der Waals surface area contributed by atoms with Crippen molar-refractivity contribution < 1.29 is 56.3 Å². The van der Waals surface area contributed by atoms with E-state index in [1.807, 2.05) is 0 Å². The van der Waals surface area contributed by atoms with Crippen LogP contribution in [0.5, 0.6) is 0 Å². The van der Waals surface area contributed by atoms with Crippen LogP contribution in [0, 0.1) is 10.7 Å². The van der Waals surface area contributed by atoms with Crippen LogP contribution in [0.3, 0.4) is 0 Å². The number of nitrogens with zero attached hydrogens (tertiary/aromatic N) is 2. The molecule has 1 aromatic rings. The van der Waals surface area contributed by atoms with Gasteiger partial charge < -0.3 is 35.2 Å². The predicted octanol–water partition coefficient (Wildman–Crippen LogP) is 0.432. The van der Waals surface area contributed by atoms with Crippen molar-refractivity contribution in [2.45, 2.75) is 25.4 Å². The molecular formula is C10H18N3O12P3S. The Hall–Kier alpha value is -0.570. The molecule has 0 bridgehead atoms. The number of phosphoric acid groups is 3. The molecule has 29 heavy (non-hydrogen) atoms. The normalized spacial score (nSPS) is 29.3. The second-order valence-corrected chi connectivity index (χ2v) is 10.6. The molecule has 1 aliphatic heterocycles. The number of nitrogens with two attached hydrogens (primary N) is 1. The fraction of sp³-hybridized carbons (Fsp3) is 0.600. The van der Waals surface area contributed by atoms with Crippen molar-refractivity contribution in [3.63, 3.8) is 0 Å². The van der Waals surface area contributed by atoms with Crippen LogP contribution < -0.4 is 5.73 Å². The van der Waals surface area contributed by atoms with Crippen molar-refractivity contribution in [1.82, 2.24) is 9.55 Å². The SMILES string of the molecule is C[C@H]1C(O)[C@@H](COP(=O)(O)OP(=O)(O)OP(=O)(O)O)O[C@H]1n1ccc(N)nc1=S. The molecule has 1 fully saturated rings. The lowest BCUT2D eigenvalue weighted by atomic mass is 10.0. The highest BCUT2D eigenvalue weighted by atomic mass is 32.1. The molecule has 7 N–H and O–H groups in total. The molecule has 0 spiro atoms. The van der Waals surface area contributed by atoms with Crippen LogP contribution in [-0.4, -0.2) is 53.0 Å². The first-order valence-electron chi connectivity index (χ1n) is 7.57. The predicted molar refractivity (Wildman–Crippen MR) is 96.4 cm³/mol. The Balaban J connectivity index is 2.05. The third kappa shape index (κ3) is 6.97. The molecule has 1 aliphatic rings. The van der Waals surface area contributed by atoms with Gasteiger partial charge in [0.1, 0.15) is 18.1 Å². The van der Waals surface area contributed by atoms with E-state index in [1.165, 1.54) is 16.8 Å². The van der Waals surface area contributed by atoms with E-state index in [2.05, 4.69) is 18.1 Å². The molecule has 19 heteroatoms. The lowest BCUT2D eigenvalue weighted by Crippen LogP contribution is -2.29. The number of aliphatic hydroxyl groups is 1. The summed E-state index contributed by atoms with van der Waals surface area (Å²) in [6, 6.07) is 1.44. The number of ether oxygens (including phenoxy) is 1. The molecule has 0 radical (unpaired) electrons. The van der Waals surface area contributed by atoms with Crippen LogP contribution in [-0.2, 0) is 31.6 Å². The van der Waals surface area contributed by atoms with E-state index in [4.69, 9.17) is 37.4 Å². The van der Waals surface area contributed by atoms with Crippen LogP contribution in [0.25, 0.3) is 0 Å². The molecule has 0 saturated carbocycles. The third-order valence-electron chi connectivity index (χ3n) is 3.63. The van der Waals surface area contributed by atoms with E-state index in [9.17, 15) is 23.7 Å². The molecule has 1 aromatic heterocycles. The van der Waals surface area contributed by atoms with Gasteiger partial charge in [0.25, 0.3) is 0 Å². The smallest absolute Gasteiger partial charge is 0.390 e. The Morgan fingerprint density at radius 1 is 1.24 bits per heavy atom. The average molecular weight is 497 g/mol. The van der Waals surface area contributed by atoms with Crippen LogP contribution in [0.2, 0.25) is 0 Å². The quantitative estimate of drug-likeness (QED) is 0.211. The van der Waals surface area contributed by atoms with Crippen molar-refractivity contribution in [3.05, 3.63) is 17.0 Å². The Labute approximate surface area is 168 Å². The molecule has 0 amide bonds. The number of phosphoric ester groups is 1. The number of nitrogen functional groups attached to an aromatic ring is 1. The van der Waals surface area contributed by atoms with Crippen LogP contribution in [0.1, 0.15) is 13.2 Å². The van der Waals surface area contributed by atoms with Crippen LogP contribution in [0.15, 0.2) is 12.3 Å². The first-order chi connectivity index (χ1) is 13.1. The fourth-order valence-corrected chi connectivity index (χ4v) is 5.74. The van der Waals surface area contributed by atoms with Crippen molar-refractivity contribution in [2.24, 2.45) is 5.92 Å². The Morgan fingerprint density at radius 2 is 1.86 bits per heavy atom. The zero-order valence-corrected chi connectivity index (χ0v) is 18.0. The van der Waals surface area contributed by atoms with Gasteiger partial charge in [-0.05, 0) is 18.3 Å². The summed E-state index contributed by atoms with van der Waals surface area (Å²) in [5, 5.41) is 10.3. The molecule has 1 saturated heterocycles. The highest BCUT2D eigenvalue weighted by Crippen LogP contribution is 2.66. The Kier molecular flexibility index (Phi) is 7.57. The van der Waals surface area contributed by atoms with Gasteiger partial charge in [-0.2, -0.15) is 8.62 Å². The summed E-state index contributed by atoms with van der Waals surface area (Å²) in [7, 11) is -16.5. The molecule has 2 heterocycles. The lowest BCUT2D eigenvalue weighted by molar-refractivity contribution is -0.0460. The zero-order chi connectivity index (χ0) is 22.2. The zero-order valence-electron chi connectivity index (χ0n) is 14.5. The van der Waals surface area contributed by atoms with E-state index >= 15 is 0 Å². The molecule has 6 atom stereocenters. The van der Waals surface area contributed by atoms with Gasteiger partial charge in [0, 0.05) is 12.1 Å². The van der Waals surface area contributed by atoms with Gasteiger partial charge in [-0.15, -0.1) is 0 Å². The first-order valence-corrected chi connectivity index (χ1v) is 12.5. The number of rotatable bonds is 8. The van der Waals surface area contributed by atoms with Crippen molar-refractivity contribution in [3.8, 4) is 0 Å². The van der Waals surface area contributed by atoms with Gasteiger partial charge in [0.05, 0.1) is 12.7 Å². The molecule has 0 aliphatic carbocycles. The molecule has 2 rings (SSSR count). The van der Waals surface area contributed by atoms with E-state index in [-0.39, 0.29) is 10.6 Å². The molecule has 15 nitrogen and oxygen atoms in total. The molecule has 3 unspecified atom stereocenters. The maximum atomic E-state index is 11.8. The minimum Gasteiger partial charge on any atom is -0.390 e. The monoisotopic (exact) mass is 497 g/mol. The standard InChI is InChI=1S/C10H18N3O12P3S/c1-5-8(14)6(23-9(5)13-3-2-7(11)12-10(13)29)4-22-27(18,19)25-28(20,21)24-26(15,16)17/h2-3,5-6,8-9,14H,4H2,1H3,(H,18,19)(H,20,21)(H2,11,12,29)(H2,15,16,17)/t5-,6+,8?,9+/m0/s1.